The monoisotopic (exact) mass is 400 g/mol. The zero-order valence-electron chi connectivity index (χ0n) is 14.5. The van der Waals surface area contributed by atoms with Crippen molar-refractivity contribution in [2.45, 2.75) is 19.3 Å². The third kappa shape index (κ3) is 4.33. The number of halogens is 1. The van der Waals surface area contributed by atoms with Crippen molar-refractivity contribution in [2.75, 3.05) is 47.5 Å². The number of carbonyl (C=O) groups is 1. The van der Waals surface area contributed by atoms with Gasteiger partial charge in [-0.05, 0) is 47.9 Å². The summed E-state index contributed by atoms with van der Waals surface area (Å²) >= 11 is 3.43. The third-order valence-electron chi connectivity index (χ3n) is 4.18. The molecule has 1 aliphatic rings. The fourth-order valence-corrected chi connectivity index (χ4v) is 3.53. The van der Waals surface area contributed by atoms with Crippen LogP contribution in [0.2, 0.25) is 0 Å². The van der Waals surface area contributed by atoms with Gasteiger partial charge in [-0.25, -0.2) is 0 Å². The van der Waals surface area contributed by atoms with E-state index in [-0.39, 0.29) is 5.91 Å². The number of hydrogen-bond acceptors (Lipinski definition) is 5. The van der Waals surface area contributed by atoms with Gasteiger partial charge >= 0.3 is 0 Å². The molecule has 2 rings (SSSR count). The van der Waals surface area contributed by atoms with Gasteiger partial charge in [0.1, 0.15) is 0 Å². The van der Waals surface area contributed by atoms with Crippen molar-refractivity contribution in [1.29, 1.82) is 0 Å². The maximum absolute atomic E-state index is 12.5. The van der Waals surface area contributed by atoms with Crippen LogP contribution in [0, 0.1) is 0 Å². The lowest BCUT2D eigenvalue weighted by Crippen LogP contribution is -2.37. The normalized spacial score (nSPS) is 15.0. The molecule has 0 bridgehead atoms. The number of benzene rings is 1. The minimum Gasteiger partial charge on any atom is -0.493 e. The summed E-state index contributed by atoms with van der Waals surface area (Å²) in [6.07, 6.45) is 3.79. The molecule has 0 aliphatic carbocycles. The molecule has 1 fully saturated rings. The number of piperidine rings is 1. The van der Waals surface area contributed by atoms with E-state index >= 15 is 0 Å². The first kappa shape index (κ1) is 18.9. The molecule has 134 valence electrons. The number of nitrogens with one attached hydrogen (secondary N) is 1. The van der Waals surface area contributed by atoms with Crippen molar-refractivity contribution in [3.8, 4) is 17.2 Å². The Morgan fingerprint density at radius 2 is 1.79 bits per heavy atom. The number of carbonyl (C=O) groups excluding carboxylic acids is 1. The van der Waals surface area contributed by atoms with Gasteiger partial charge < -0.3 is 24.4 Å². The topological polar surface area (TPSA) is 60.0 Å². The van der Waals surface area contributed by atoms with Gasteiger partial charge in [0, 0.05) is 13.1 Å². The van der Waals surface area contributed by atoms with E-state index in [1.807, 2.05) is 0 Å². The number of likely N-dealkylation sites (tertiary alicyclic amines) is 1. The average molecular weight is 401 g/mol. The molecule has 1 aromatic rings. The van der Waals surface area contributed by atoms with Gasteiger partial charge in [0.15, 0.2) is 11.5 Å². The molecule has 7 heteroatoms. The lowest BCUT2D eigenvalue weighted by atomic mass is 10.1. The Balaban J connectivity index is 2.07. The van der Waals surface area contributed by atoms with Crippen molar-refractivity contribution < 1.29 is 19.0 Å². The molecule has 1 amide bonds. The van der Waals surface area contributed by atoms with E-state index < -0.39 is 0 Å². The fraction of sp³-hybridized carbons (Fsp3) is 0.588. The van der Waals surface area contributed by atoms with E-state index in [0.717, 1.165) is 19.6 Å². The highest BCUT2D eigenvalue weighted by Gasteiger charge is 2.22. The summed E-state index contributed by atoms with van der Waals surface area (Å²) in [7, 11) is 4.59. The first-order valence-electron chi connectivity index (χ1n) is 8.11. The molecular formula is C17H25BrN2O4. The second-order valence-electron chi connectivity index (χ2n) is 5.67. The highest BCUT2D eigenvalue weighted by molar-refractivity contribution is 9.10. The number of hydrogen-bond donors (Lipinski definition) is 1. The molecule has 0 spiro atoms. The van der Waals surface area contributed by atoms with E-state index in [2.05, 4.69) is 26.1 Å². The Morgan fingerprint density at radius 1 is 1.12 bits per heavy atom. The minimum absolute atomic E-state index is 0.168. The van der Waals surface area contributed by atoms with Gasteiger partial charge in [0.25, 0.3) is 5.91 Å². The highest BCUT2D eigenvalue weighted by atomic mass is 79.9. The maximum Gasteiger partial charge on any atom is 0.252 e. The summed E-state index contributed by atoms with van der Waals surface area (Å²) in [5.41, 5.74) is 0.461. The third-order valence-corrected chi connectivity index (χ3v) is 4.96. The predicted octanol–water partition coefficient (Wildman–Crippen LogP) is 2.69. The van der Waals surface area contributed by atoms with E-state index in [1.165, 1.54) is 40.6 Å². The molecule has 6 nitrogen and oxygen atoms in total. The summed E-state index contributed by atoms with van der Waals surface area (Å²) in [4.78, 5) is 14.9. The average Bonchev–Trinajstić information content (AvgIpc) is 2.61. The first-order chi connectivity index (χ1) is 11.6. The van der Waals surface area contributed by atoms with Gasteiger partial charge in [-0.15, -0.1) is 0 Å². The lowest BCUT2D eigenvalue weighted by molar-refractivity contribution is 0.0945. The smallest absolute Gasteiger partial charge is 0.252 e. The van der Waals surface area contributed by atoms with E-state index in [4.69, 9.17) is 14.2 Å². The van der Waals surface area contributed by atoms with Crippen LogP contribution in [0.15, 0.2) is 10.5 Å². The molecule has 0 saturated carbocycles. The molecule has 24 heavy (non-hydrogen) atoms. The van der Waals surface area contributed by atoms with Gasteiger partial charge in [0.2, 0.25) is 5.75 Å². The zero-order chi connectivity index (χ0) is 17.5. The number of nitrogens with zero attached hydrogens (tertiary/aromatic N) is 1. The molecule has 1 heterocycles. The molecule has 1 N–H and O–H groups in total. The Morgan fingerprint density at radius 3 is 2.38 bits per heavy atom. The van der Waals surface area contributed by atoms with Gasteiger partial charge in [0.05, 0.1) is 31.4 Å². The van der Waals surface area contributed by atoms with Crippen molar-refractivity contribution in [3.63, 3.8) is 0 Å². The Bertz CT molecular complexity index is 574. The van der Waals surface area contributed by atoms with Crippen molar-refractivity contribution in [1.82, 2.24) is 10.2 Å². The SMILES string of the molecule is COc1cc(C(=O)NCCN2CCCCC2)c(Br)c(OC)c1OC. The molecule has 0 unspecified atom stereocenters. The minimum atomic E-state index is -0.168. The molecule has 0 radical (unpaired) electrons. The van der Waals surface area contributed by atoms with Crippen LogP contribution in [0.1, 0.15) is 29.6 Å². The standard InChI is InChI=1S/C17H25BrN2O4/c1-22-13-11-12(14(18)16(24-3)15(13)23-2)17(21)19-7-10-20-8-5-4-6-9-20/h11H,4-10H2,1-3H3,(H,19,21). The molecule has 0 aromatic heterocycles. The van der Waals surface area contributed by atoms with Crippen LogP contribution < -0.4 is 19.5 Å². The molecule has 0 atom stereocenters. The number of methoxy groups -OCH3 is 3. The lowest BCUT2D eigenvalue weighted by Gasteiger charge is -2.26. The van der Waals surface area contributed by atoms with Crippen LogP contribution in [-0.2, 0) is 0 Å². The Hall–Kier alpha value is -1.47. The number of rotatable bonds is 7. The number of amides is 1. The zero-order valence-corrected chi connectivity index (χ0v) is 16.1. The first-order valence-corrected chi connectivity index (χ1v) is 8.90. The summed E-state index contributed by atoms with van der Waals surface area (Å²) in [5, 5.41) is 2.96. The summed E-state index contributed by atoms with van der Waals surface area (Å²) in [6.45, 7) is 3.71. The largest absolute Gasteiger partial charge is 0.493 e. The highest BCUT2D eigenvalue weighted by Crippen LogP contribution is 2.44. The second-order valence-corrected chi connectivity index (χ2v) is 6.46. The van der Waals surface area contributed by atoms with Gasteiger partial charge in [-0.3, -0.25) is 4.79 Å². The maximum atomic E-state index is 12.5. The van der Waals surface area contributed by atoms with Crippen LogP contribution in [0.25, 0.3) is 0 Å². The van der Waals surface area contributed by atoms with Crippen molar-refractivity contribution >= 4 is 21.8 Å². The summed E-state index contributed by atoms with van der Waals surface area (Å²) in [5.74, 6) is 1.19. The van der Waals surface area contributed by atoms with Crippen LogP contribution in [-0.4, -0.2) is 58.3 Å². The van der Waals surface area contributed by atoms with Gasteiger partial charge in [-0.1, -0.05) is 6.42 Å². The molecule has 1 aromatic carbocycles. The molecule has 1 aliphatic heterocycles. The van der Waals surface area contributed by atoms with Crippen LogP contribution in [0.3, 0.4) is 0 Å². The fourth-order valence-electron chi connectivity index (χ4n) is 2.89. The van der Waals surface area contributed by atoms with E-state index in [0.29, 0.717) is 33.8 Å². The van der Waals surface area contributed by atoms with Gasteiger partial charge in [-0.2, -0.15) is 0 Å². The summed E-state index contributed by atoms with van der Waals surface area (Å²) < 4.78 is 16.5. The molecular weight excluding hydrogens is 376 g/mol. The quantitative estimate of drug-likeness (QED) is 0.762. The van der Waals surface area contributed by atoms with Crippen molar-refractivity contribution in [2.24, 2.45) is 0 Å². The van der Waals surface area contributed by atoms with Crippen LogP contribution >= 0.6 is 15.9 Å². The Labute approximate surface area is 151 Å². The van der Waals surface area contributed by atoms with Crippen LogP contribution in [0.4, 0.5) is 0 Å². The Kier molecular flexibility index (Phi) is 7.17. The van der Waals surface area contributed by atoms with E-state index in [1.54, 1.807) is 6.07 Å². The molecule has 1 saturated heterocycles. The summed E-state index contributed by atoms with van der Waals surface area (Å²) in [6, 6.07) is 1.65. The number of ether oxygens (including phenoxy) is 3. The predicted molar refractivity (Wildman–Crippen MR) is 96.4 cm³/mol. The van der Waals surface area contributed by atoms with Crippen molar-refractivity contribution in [3.05, 3.63) is 16.1 Å². The van der Waals surface area contributed by atoms with Crippen LogP contribution in [0.5, 0.6) is 17.2 Å². The van der Waals surface area contributed by atoms with E-state index in [9.17, 15) is 4.79 Å². The second kappa shape index (κ2) is 9.13.